The van der Waals surface area contributed by atoms with Gasteiger partial charge in [0.05, 0.1) is 22.9 Å². The molecule has 2 rings (SSSR count). The Hall–Kier alpha value is -2.35. The van der Waals surface area contributed by atoms with Crippen LogP contribution < -0.4 is 0 Å². The van der Waals surface area contributed by atoms with Crippen molar-refractivity contribution in [2.75, 3.05) is 6.61 Å². The summed E-state index contributed by atoms with van der Waals surface area (Å²) in [6.07, 6.45) is -5.00. The number of carbonyl (C=O) groups excluding carboxylic acids is 1. The van der Waals surface area contributed by atoms with Gasteiger partial charge >= 0.3 is 17.7 Å². The zero-order chi connectivity index (χ0) is 23.2. The number of aromatic nitrogens is 2. The zero-order valence-corrected chi connectivity index (χ0v) is 16.4. The highest BCUT2D eigenvalue weighted by molar-refractivity contribution is 7.92. The number of rotatable bonds is 4. The topological polar surface area (TPSA) is 78.3 Å². The molecule has 0 aliphatic rings. The smallest absolute Gasteiger partial charge is 0.461 e. The van der Waals surface area contributed by atoms with Crippen LogP contribution in [-0.2, 0) is 20.8 Å². The first-order valence-corrected chi connectivity index (χ1v) is 9.54. The first-order valence-electron chi connectivity index (χ1n) is 7.68. The normalized spacial score (nSPS) is 12.9. The highest BCUT2D eigenvalue weighted by atomic mass is 35.5. The van der Waals surface area contributed by atoms with Gasteiger partial charge in [-0.05, 0) is 26.0 Å². The third kappa shape index (κ3) is 4.10. The monoisotopic (exact) mass is 482 g/mol. The number of ether oxygens (including phenoxy) is 1. The molecular formula is C15H10ClF7N2O4S. The van der Waals surface area contributed by atoms with Gasteiger partial charge in [-0.2, -0.15) is 31.4 Å². The van der Waals surface area contributed by atoms with Crippen LogP contribution in [0, 0.1) is 12.7 Å². The lowest BCUT2D eigenvalue weighted by Gasteiger charge is -2.13. The van der Waals surface area contributed by atoms with E-state index in [1.54, 1.807) is 0 Å². The quantitative estimate of drug-likeness (QED) is 0.475. The number of benzene rings is 1. The summed E-state index contributed by atoms with van der Waals surface area (Å²) in [5.74, 6) is -3.25. The van der Waals surface area contributed by atoms with Gasteiger partial charge in [0, 0.05) is 0 Å². The Morgan fingerprint density at radius 2 is 1.77 bits per heavy atom. The van der Waals surface area contributed by atoms with Crippen molar-refractivity contribution in [3.05, 3.63) is 39.9 Å². The maximum atomic E-state index is 14.4. The van der Waals surface area contributed by atoms with Crippen LogP contribution in [0.25, 0.3) is 5.69 Å². The summed E-state index contributed by atoms with van der Waals surface area (Å²) in [5.41, 5.74) is -10.6. The van der Waals surface area contributed by atoms with Crippen molar-refractivity contribution in [3.63, 3.8) is 0 Å². The van der Waals surface area contributed by atoms with Crippen LogP contribution in [0.2, 0.25) is 5.02 Å². The first kappa shape index (κ1) is 23.9. The van der Waals surface area contributed by atoms with E-state index in [0.717, 1.165) is 6.92 Å². The first-order chi connectivity index (χ1) is 13.5. The predicted molar refractivity (Wildman–Crippen MR) is 87.5 cm³/mol. The van der Waals surface area contributed by atoms with E-state index in [-0.39, 0.29) is 23.4 Å². The molecule has 2 aromatic rings. The molecule has 166 valence electrons. The van der Waals surface area contributed by atoms with Crippen LogP contribution in [-0.4, -0.2) is 36.3 Å². The van der Waals surface area contributed by atoms with Crippen LogP contribution in [0.15, 0.2) is 17.0 Å². The average Bonchev–Trinajstić information content (AvgIpc) is 2.90. The van der Waals surface area contributed by atoms with E-state index in [4.69, 9.17) is 11.6 Å². The Kier molecular flexibility index (Phi) is 6.16. The molecule has 0 saturated heterocycles. The molecule has 0 radical (unpaired) electrons. The van der Waals surface area contributed by atoms with Crippen LogP contribution >= 0.6 is 11.6 Å². The average molecular weight is 483 g/mol. The number of alkyl halides is 6. The molecule has 30 heavy (non-hydrogen) atoms. The van der Waals surface area contributed by atoms with Gasteiger partial charge in [0.2, 0.25) is 0 Å². The summed E-state index contributed by atoms with van der Waals surface area (Å²) >= 11 is 5.67. The molecule has 0 saturated carbocycles. The van der Waals surface area contributed by atoms with Crippen LogP contribution in [0.1, 0.15) is 28.7 Å². The molecule has 0 unspecified atom stereocenters. The highest BCUT2D eigenvalue weighted by Gasteiger charge is 2.51. The number of halogens is 8. The van der Waals surface area contributed by atoms with Crippen molar-refractivity contribution < 1.29 is 48.7 Å². The summed E-state index contributed by atoms with van der Waals surface area (Å²) in [7, 11) is -6.18. The van der Waals surface area contributed by atoms with E-state index >= 15 is 0 Å². The largest absolute Gasteiger partial charge is 0.502 e. The van der Waals surface area contributed by atoms with Crippen molar-refractivity contribution in [1.29, 1.82) is 0 Å². The summed E-state index contributed by atoms with van der Waals surface area (Å²) in [4.78, 5) is 10.4. The molecule has 15 heteroatoms. The van der Waals surface area contributed by atoms with Crippen molar-refractivity contribution in [1.82, 2.24) is 9.78 Å². The second kappa shape index (κ2) is 7.72. The second-order valence-corrected chi connectivity index (χ2v) is 7.92. The van der Waals surface area contributed by atoms with Crippen molar-refractivity contribution in [2.45, 2.75) is 30.4 Å². The second-order valence-electron chi connectivity index (χ2n) is 5.63. The van der Waals surface area contributed by atoms with Gasteiger partial charge in [-0.1, -0.05) is 11.6 Å². The van der Waals surface area contributed by atoms with Gasteiger partial charge in [0.15, 0.2) is 11.5 Å². The van der Waals surface area contributed by atoms with Gasteiger partial charge in [0.1, 0.15) is 10.6 Å². The summed E-state index contributed by atoms with van der Waals surface area (Å²) < 4.78 is 121. The SMILES string of the molecule is CCOC(=O)c1nn(-c2c(F)cc(C(F)(F)F)cc2Cl)c(C)c1S(=O)(=O)C(F)(F)F. The number of nitrogens with zero attached hydrogens (tertiary/aromatic N) is 2. The lowest BCUT2D eigenvalue weighted by Crippen LogP contribution is -2.26. The molecule has 0 N–H and O–H groups in total. The minimum atomic E-state index is -6.18. The van der Waals surface area contributed by atoms with E-state index in [2.05, 4.69) is 9.84 Å². The van der Waals surface area contributed by atoms with Crippen LogP contribution in [0.4, 0.5) is 30.7 Å². The fraction of sp³-hybridized carbons (Fsp3) is 0.333. The Bertz CT molecular complexity index is 1080. The van der Waals surface area contributed by atoms with E-state index in [0.29, 0.717) is 0 Å². The molecule has 6 nitrogen and oxygen atoms in total. The van der Waals surface area contributed by atoms with E-state index in [1.807, 2.05) is 0 Å². The Morgan fingerprint density at radius 3 is 2.20 bits per heavy atom. The van der Waals surface area contributed by atoms with Gasteiger partial charge in [-0.15, -0.1) is 0 Å². The van der Waals surface area contributed by atoms with Crippen LogP contribution in [0.5, 0.6) is 0 Å². The van der Waals surface area contributed by atoms with Gasteiger partial charge in [0.25, 0.3) is 9.84 Å². The standard InChI is InChI=1S/C15H10ClF7N2O4S/c1-3-29-13(26)10-12(30(27,28)15(21,22)23)6(2)25(24-10)11-8(16)4-7(5-9(11)17)14(18,19)20/h4-5H,3H2,1-2H3. The van der Waals surface area contributed by atoms with E-state index < -0.39 is 65.9 Å². The third-order valence-corrected chi connectivity index (χ3v) is 5.58. The third-order valence-electron chi connectivity index (χ3n) is 3.66. The molecule has 0 aliphatic carbocycles. The van der Waals surface area contributed by atoms with Gasteiger partial charge in [-0.3, -0.25) is 0 Å². The summed E-state index contributed by atoms with van der Waals surface area (Å²) in [6, 6.07) is 0.257. The Labute approximate surface area is 169 Å². The Balaban J connectivity index is 2.88. The van der Waals surface area contributed by atoms with Gasteiger partial charge < -0.3 is 4.74 Å². The van der Waals surface area contributed by atoms with E-state index in [1.165, 1.54) is 6.92 Å². The number of hydrogen-bond acceptors (Lipinski definition) is 5. The van der Waals surface area contributed by atoms with E-state index in [9.17, 15) is 43.9 Å². The molecule has 0 bridgehead atoms. The molecule has 0 aliphatic heterocycles. The number of carbonyl (C=O) groups is 1. The summed E-state index contributed by atoms with van der Waals surface area (Å²) in [5, 5.41) is 2.40. The highest BCUT2D eigenvalue weighted by Crippen LogP contribution is 2.38. The minimum Gasteiger partial charge on any atom is -0.461 e. The fourth-order valence-electron chi connectivity index (χ4n) is 2.41. The van der Waals surface area contributed by atoms with Gasteiger partial charge in [-0.25, -0.2) is 22.3 Å². The number of esters is 1. The molecule has 1 heterocycles. The molecule has 1 aromatic heterocycles. The predicted octanol–water partition coefficient (Wildman–Crippen LogP) is 4.46. The molecule has 0 amide bonds. The van der Waals surface area contributed by atoms with Crippen molar-refractivity contribution in [3.8, 4) is 5.69 Å². The number of hydrogen-bond donors (Lipinski definition) is 0. The molecule has 0 fully saturated rings. The fourth-order valence-corrected chi connectivity index (χ4v) is 3.78. The van der Waals surface area contributed by atoms with Crippen LogP contribution in [0.3, 0.4) is 0 Å². The molecule has 1 aromatic carbocycles. The van der Waals surface area contributed by atoms with Crippen molar-refractivity contribution in [2.24, 2.45) is 0 Å². The minimum absolute atomic E-state index is 0.00962. The number of sulfone groups is 1. The molecule has 0 spiro atoms. The van der Waals surface area contributed by atoms with Crippen molar-refractivity contribution >= 4 is 27.4 Å². The maximum Gasteiger partial charge on any atom is 0.502 e. The lowest BCUT2D eigenvalue weighted by molar-refractivity contribution is -0.137. The summed E-state index contributed by atoms with van der Waals surface area (Å²) in [6.45, 7) is 1.64. The Morgan fingerprint density at radius 1 is 1.20 bits per heavy atom. The molecular weight excluding hydrogens is 473 g/mol. The zero-order valence-electron chi connectivity index (χ0n) is 14.8. The lowest BCUT2D eigenvalue weighted by atomic mass is 10.2. The molecule has 0 atom stereocenters. The maximum absolute atomic E-state index is 14.4.